The fourth-order valence-corrected chi connectivity index (χ4v) is 2.96. The zero-order valence-corrected chi connectivity index (χ0v) is 15.0. The van der Waals surface area contributed by atoms with Crippen molar-refractivity contribution in [1.29, 1.82) is 0 Å². The van der Waals surface area contributed by atoms with Crippen LogP contribution < -0.4 is 20.1 Å². The largest absolute Gasteiger partial charge is 0.454 e. The first kappa shape index (κ1) is 16.6. The van der Waals surface area contributed by atoms with Crippen LogP contribution in [0.25, 0.3) is 0 Å². The summed E-state index contributed by atoms with van der Waals surface area (Å²) in [6, 6.07) is 12.4. The van der Waals surface area contributed by atoms with Crippen molar-refractivity contribution >= 4 is 23.0 Å². The predicted octanol–water partition coefficient (Wildman–Crippen LogP) is 4.47. The van der Waals surface area contributed by atoms with Crippen molar-refractivity contribution in [2.45, 2.75) is 33.2 Å². The highest BCUT2D eigenvalue weighted by atomic mass is 32.1. The molecule has 0 saturated heterocycles. The Bertz CT molecular complexity index is 761. The van der Waals surface area contributed by atoms with Crippen molar-refractivity contribution in [2.24, 2.45) is 0 Å². The van der Waals surface area contributed by atoms with E-state index in [2.05, 4.69) is 49.6 Å². The summed E-state index contributed by atoms with van der Waals surface area (Å²) < 4.78 is 10.7. The molecule has 24 heavy (non-hydrogen) atoms. The van der Waals surface area contributed by atoms with E-state index in [1.54, 1.807) is 0 Å². The molecule has 0 amide bonds. The SMILES string of the molecule is CCC(NC(=S)Nc1ccc2c(c1)OCO2)c1ccc(C)c(C)c1. The zero-order valence-electron chi connectivity index (χ0n) is 14.2. The minimum absolute atomic E-state index is 0.179. The standard InChI is InChI=1S/C19H22N2O2S/c1-4-16(14-6-5-12(2)13(3)9-14)21-19(24)20-15-7-8-17-18(10-15)23-11-22-17/h5-10,16H,4,11H2,1-3H3,(H2,20,21,24). The van der Waals surface area contributed by atoms with E-state index in [-0.39, 0.29) is 12.8 Å². The molecule has 0 spiro atoms. The Morgan fingerprint density at radius 2 is 1.88 bits per heavy atom. The lowest BCUT2D eigenvalue weighted by Gasteiger charge is -2.21. The second-order valence-electron chi connectivity index (χ2n) is 5.97. The van der Waals surface area contributed by atoms with Crippen molar-refractivity contribution in [2.75, 3.05) is 12.1 Å². The number of hydrogen-bond donors (Lipinski definition) is 2. The molecule has 1 atom stereocenters. The third-order valence-electron chi connectivity index (χ3n) is 4.28. The van der Waals surface area contributed by atoms with E-state index in [9.17, 15) is 0 Å². The first-order valence-electron chi connectivity index (χ1n) is 8.11. The van der Waals surface area contributed by atoms with Crippen molar-refractivity contribution < 1.29 is 9.47 Å². The Morgan fingerprint density at radius 3 is 2.62 bits per heavy atom. The summed E-state index contributed by atoms with van der Waals surface area (Å²) in [5.74, 6) is 1.50. The van der Waals surface area contributed by atoms with Crippen LogP contribution >= 0.6 is 12.2 Å². The van der Waals surface area contributed by atoms with Gasteiger partial charge in [0.1, 0.15) is 0 Å². The number of benzene rings is 2. The van der Waals surface area contributed by atoms with Gasteiger partial charge in [-0.2, -0.15) is 0 Å². The molecule has 2 aromatic rings. The number of nitrogens with one attached hydrogen (secondary N) is 2. The molecule has 1 aliphatic rings. The Hall–Kier alpha value is -2.27. The van der Waals surface area contributed by atoms with Gasteiger partial charge >= 0.3 is 0 Å². The van der Waals surface area contributed by atoms with Gasteiger partial charge in [0.25, 0.3) is 0 Å². The van der Waals surface area contributed by atoms with Crippen LogP contribution in [-0.2, 0) is 0 Å². The Morgan fingerprint density at radius 1 is 1.08 bits per heavy atom. The quantitative estimate of drug-likeness (QED) is 0.803. The van der Waals surface area contributed by atoms with Crippen molar-refractivity contribution in [3.63, 3.8) is 0 Å². The van der Waals surface area contributed by atoms with E-state index in [0.717, 1.165) is 23.6 Å². The second kappa shape index (κ2) is 7.09. The van der Waals surface area contributed by atoms with Gasteiger partial charge in [0.05, 0.1) is 6.04 Å². The summed E-state index contributed by atoms with van der Waals surface area (Å²) in [4.78, 5) is 0. The van der Waals surface area contributed by atoms with Crippen molar-refractivity contribution in [3.8, 4) is 11.5 Å². The topological polar surface area (TPSA) is 42.5 Å². The number of rotatable bonds is 4. The maximum absolute atomic E-state index is 5.47. The summed E-state index contributed by atoms with van der Waals surface area (Å²) in [5, 5.41) is 7.21. The van der Waals surface area contributed by atoms with E-state index in [0.29, 0.717) is 5.11 Å². The lowest BCUT2D eigenvalue weighted by atomic mass is 9.99. The van der Waals surface area contributed by atoms with Crippen molar-refractivity contribution in [3.05, 3.63) is 53.1 Å². The average molecular weight is 342 g/mol. The normalized spacial score (nSPS) is 13.5. The molecule has 1 aliphatic heterocycles. The van der Waals surface area contributed by atoms with Crippen LogP contribution in [0, 0.1) is 13.8 Å². The van der Waals surface area contributed by atoms with Crippen molar-refractivity contribution in [1.82, 2.24) is 5.32 Å². The highest BCUT2D eigenvalue weighted by Crippen LogP contribution is 2.34. The van der Waals surface area contributed by atoms with Gasteiger partial charge in [-0.05, 0) is 61.3 Å². The second-order valence-corrected chi connectivity index (χ2v) is 6.38. The van der Waals surface area contributed by atoms with Crippen LogP contribution in [0.1, 0.15) is 36.1 Å². The average Bonchev–Trinajstić information content (AvgIpc) is 3.03. The molecule has 5 heteroatoms. The van der Waals surface area contributed by atoms with Gasteiger partial charge in [0, 0.05) is 11.8 Å². The molecule has 0 radical (unpaired) electrons. The van der Waals surface area contributed by atoms with Crippen LogP contribution in [0.15, 0.2) is 36.4 Å². The number of hydrogen-bond acceptors (Lipinski definition) is 3. The molecule has 1 unspecified atom stereocenters. The van der Waals surface area contributed by atoms with E-state index in [1.807, 2.05) is 18.2 Å². The molecule has 126 valence electrons. The van der Waals surface area contributed by atoms with E-state index >= 15 is 0 Å². The summed E-state index contributed by atoms with van der Waals surface area (Å²) >= 11 is 5.47. The molecule has 3 rings (SSSR count). The summed E-state index contributed by atoms with van der Waals surface area (Å²) in [6.07, 6.45) is 0.950. The molecule has 0 fully saturated rings. The molecule has 0 saturated carbocycles. The van der Waals surface area contributed by atoms with Gasteiger partial charge in [-0.1, -0.05) is 25.1 Å². The predicted molar refractivity (Wildman–Crippen MR) is 101 cm³/mol. The molecular weight excluding hydrogens is 320 g/mol. The van der Waals surface area contributed by atoms with Gasteiger partial charge in [-0.3, -0.25) is 0 Å². The molecule has 0 aliphatic carbocycles. The van der Waals surface area contributed by atoms with Gasteiger partial charge < -0.3 is 20.1 Å². The molecular formula is C19H22N2O2S. The van der Waals surface area contributed by atoms with E-state index in [4.69, 9.17) is 21.7 Å². The maximum Gasteiger partial charge on any atom is 0.231 e. The summed E-state index contributed by atoms with van der Waals surface area (Å²) in [5.41, 5.74) is 4.72. The van der Waals surface area contributed by atoms with Crippen LogP contribution in [0.3, 0.4) is 0 Å². The zero-order chi connectivity index (χ0) is 17.1. The Kier molecular flexibility index (Phi) is 4.90. The number of anilines is 1. The lowest BCUT2D eigenvalue weighted by molar-refractivity contribution is 0.174. The summed E-state index contributed by atoms with van der Waals surface area (Å²) in [7, 11) is 0. The van der Waals surface area contributed by atoms with Gasteiger partial charge in [-0.25, -0.2) is 0 Å². The lowest BCUT2D eigenvalue weighted by Crippen LogP contribution is -2.32. The Balaban J connectivity index is 1.67. The molecule has 2 aromatic carbocycles. The number of aryl methyl sites for hydroxylation is 2. The monoisotopic (exact) mass is 342 g/mol. The highest BCUT2D eigenvalue weighted by molar-refractivity contribution is 7.80. The maximum atomic E-state index is 5.47. The third kappa shape index (κ3) is 3.62. The fraction of sp³-hybridized carbons (Fsp3) is 0.316. The van der Waals surface area contributed by atoms with Crippen LogP contribution in [0.2, 0.25) is 0 Å². The third-order valence-corrected chi connectivity index (χ3v) is 4.50. The minimum Gasteiger partial charge on any atom is -0.454 e. The first-order valence-corrected chi connectivity index (χ1v) is 8.52. The molecule has 0 bridgehead atoms. The first-order chi connectivity index (χ1) is 11.6. The molecule has 4 nitrogen and oxygen atoms in total. The summed E-state index contributed by atoms with van der Waals surface area (Å²) in [6.45, 7) is 6.68. The van der Waals surface area contributed by atoms with Crippen LogP contribution in [0.5, 0.6) is 11.5 Å². The number of ether oxygens (including phenoxy) is 2. The molecule has 0 aromatic heterocycles. The Labute approximate surface area is 148 Å². The molecule has 1 heterocycles. The highest BCUT2D eigenvalue weighted by Gasteiger charge is 2.15. The van der Waals surface area contributed by atoms with Gasteiger partial charge in [-0.15, -0.1) is 0 Å². The van der Waals surface area contributed by atoms with Crippen LogP contribution in [-0.4, -0.2) is 11.9 Å². The smallest absolute Gasteiger partial charge is 0.231 e. The fourth-order valence-electron chi connectivity index (χ4n) is 2.70. The molecule has 2 N–H and O–H groups in total. The number of thiocarbonyl (C=S) groups is 1. The van der Waals surface area contributed by atoms with Gasteiger partial charge in [0.2, 0.25) is 6.79 Å². The number of fused-ring (bicyclic) bond motifs is 1. The van der Waals surface area contributed by atoms with Gasteiger partial charge in [0.15, 0.2) is 16.6 Å². The minimum atomic E-state index is 0.179. The van der Waals surface area contributed by atoms with E-state index < -0.39 is 0 Å². The van der Waals surface area contributed by atoms with E-state index in [1.165, 1.54) is 16.7 Å². The van der Waals surface area contributed by atoms with Crippen LogP contribution in [0.4, 0.5) is 5.69 Å².